The van der Waals surface area contributed by atoms with Crippen LogP contribution in [-0.4, -0.2) is 11.9 Å². The molecule has 0 spiro atoms. The van der Waals surface area contributed by atoms with Gasteiger partial charge in [-0.2, -0.15) is 0 Å². The molecule has 0 aliphatic heterocycles. The van der Waals surface area contributed by atoms with Gasteiger partial charge in [-0.1, -0.05) is 11.6 Å². The zero-order valence-electron chi connectivity index (χ0n) is 8.17. The van der Waals surface area contributed by atoms with Crippen molar-refractivity contribution in [1.82, 2.24) is 0 Å². The number of hydrogen-bond donors (Lipinski definition) is 2. The van der Waals surface area contributed by atoms with Gasteiger partial charge in [0, 0.05) is 11.7 Å². The highest BCUT2D eigenvalue weighted by Gasteiger charge is 2.06. The number of amides is 1. The Hall–Kier alpha value is -1.22. The summed E-state index contributed by atoms with van der Waals surface area (Å²) in [7, 11) is 0. The second kappa shape index (κ2) is 4.33. The molecule has 14 heavy (non-hydrogen) atoms. The van der Waals surface area contributed by atoms with Crippen molar-refractivity contribution in [3.05, 3.63) is 28.8 Å². The van der Waals surface area contributed by atoms with Gasteiger partial charge < -0.3 is 11.1 Å². The molecule has 0 aromatic heterocycles. The van der Waals surface area contributed by atoms with E-state index in [-0.39, 0.29) is 0 Å². The van der Waals surface area contributed by atoms with Crippen LogP contribution in [0.3, 0.4) is 0 Å². The average Bonchev–Trinajstić information content (AvgIpc) is 2.01. The number of hydrogen-bond acceptors (Lipinski definition) is 2. The fraction of sp³-hybridized carbons (Fsp3) is 0.300. The fourth-order valence-electron chi connectivity index (χ4n) is 1.14. The highest BCUT2D eigenvalue weighted by atomic mass is 35.5. The van der Waals surface area contributed by atoms with Crippen LogP contribution in [0.1, 0.15) is 24.2 Å². The molecule has 76 valence electrons. The Morgan fingerprint density at radius 3 is 2.57 bits per heavy atom. The van der Waals surface area contributed by atoms with E-state index < -0.39 is 5.91 Å². The van der Waals surface area contributed by atoms with Crippen molar-refractivity contribution < 1.29 is 4.79 Å². The van der Waals surface area contributed by atoms with E-state index in [1.165, 1.54) is 0 Å². The van der Waals surface area contributed by atoms with Crippen LogP contribution in [0.5, 0.6) is 0 Å². The Bertz CT molecular complexity index is 350. The Morgan fingerprint density at radius 2 is 2.14 bits per heavy atom. The summed E-state index contributed by atoms with van der Waals surface area (Å²) in [6.45, 7) is 4.05. The number of anilines is 1. The summed E-state index contributed by atoms with van der Waals surface area (Å²) >= 11 is 5.87. The molecule has 0 heterocycles. The number of carbonyl (C=O) groups excluding carboxylic acids is 1. The number of rotatable bonds is 3. The first-order chi connectivity index (χ1) is 6.50. The minimum atomic E-state index is -0.508. The lowest BCUT2D eigenvalue weighted by atomic mass is 10.2. The predicted molar refractivity (Wildman–Crippen MR) is 58.7 cm³/mol. The molecule has 0 aliphatic carbocycles. The van der Waals surface area contributed by atoms with Crippen LogP contribution < -0.4 is 11.1 Å². The summed E-state index contributed by atoms with van der Waals surface area (Å²) in [6, 6.07) is 5.42. The standard InChI is InChI=1S/C10H13ClN2O/c1-6(2)13-7-3-4-8(10(12)14)9(11)5-7/h3-6,13H,1-2H3,(H2,12,14). The fourth-order valence-corrected chi connectivity index (χ4v) is 1.41. The molecule has 1 rings (SSSR count). The first-order valence-corrected chi connectivity index (χ1v) is 4.74. The molecule has 3 nitrogen and oxygen atoms in total. The molecule has 0 radical (unpaired) electrons. The van der Waals surface area contributed by atoms with E-state index in [1.807, 2.05) is 13.8 Å². The van der Waals surface area contributed by atoms with E-state index in [0.717, 1.165) is 5.69 Å². The first kappa shape index (κ1) is 10.9. The van der Waals surface area contributed by atoms with Gasteiger partial charge in [-0.15, -0.1) is 0 Å². The molecule has 0 saturated carbocycles. The van der Waals surface area contributed by atoms with Gasteiger partial charge in [-0.3, -0.25) is 4.79 Å². The molecule has 0 bridgehead atoms. The van der Waals surface area contributed by atoms with Gasteiger partial charge in [0.2, 0.25) is 5.91 Å². The molecule has 1 aromatic carbocycles. The summed E-state index contributed by atoms with van der Waals surface area (Å²) in [5, 5.41) is 3.55. The summed E-state index contributed by atoms with van der Waals surface area (Å²) in [6.07, 6.45) is 0. The van der Waals surface area contributed by atoms with Crippen LogP contribution in [-0.2, 0) is 0 Å². The highest BCUT2D eigenvalue weighted by Crippen LogP contribution is 2.20. The number of nitrogens with one attached hydrogen (secondary N) is 1. The van der Waals surface area contributed by atoms with E-state index in [0.29, 0.717) is 16.6 Å². The molecular formula is C10H13ClN2O. The lowest BCUT2D eigenvalue weighted by molar-refractivity contribution is 0.100. The molecule has 0 fully saturated rings. The van der Waals surface area contributed by atoms with Crippen molar-refractivity contribution in [3.63, 3.8) is 0 Å². The minimum absolute atomic E-state index is 0.325. The smallest absolute Gasteiger partial charge is 0.250 e. The first-order valence-electron chi connectivity index (χ1n) is 4.36. The van der Waals surface area contributed by atoms with Crippen molar-refractivity contribution in [2.45, 2.75) is 19.9 Å². The average molecular weight is 213 g/mol. The van der Waals surface area contributed by atoms with Crippen LogP contribution in [0.4, 0.5) is 5.69 Å². The van der Waals surface area contributed by atoms with Gasteiger partial charge in [0.05, 0.1) is 10.6 Å². The van der Waals surface area contributed by atoms with Gasteiger partial charge in [-0.25, -0.2) is 0 Å². The lowest BCUT2D eigenvalue weighted by Crippen LogP contribution is -2.13. The highest BCUT2D eigenvalue weighted by molar-refractivity contribution is 6.34. The molecule has 1 aromatic rings. The quantitative estimate of drug-likeness (QED) is 0.808. The topological polar surface area (TPSA) is 55.1 Å². The number of primary amides is 1. The Kier molecular flexibility index (Phi) is 3.36. The monoisotopic (exact) mass is 212 g/mol. The van der Waals surface area contributed by atoms with Crippen molar-refractivity contribution in [3.8, 4) is 0 Å². The third kappa shape index (κ3) is 2.64. The number of carbonyl (C=O) groups is 1. The maximum atomic E-state index is 10.9. The number of nitrogens with two attached hydrogens (primary N) is 1. The van der Waals surface area contributed by atoms with Crippen molar-refractivity contribution >= 4 is 23.2 Å². The van der Waals surface area contributed by atoms with Gasteiger partial charge in [0.25, 0.3) is 0 Å². The van der Waals surface area contributed by atoms with E-state index in [2.05, 4.69) is 5.32 Å². The zero-order valence-corrected chi connectivity index (χ0v) is 8.93. The lowest BCUT2D eigenvalue weighted by Gasteiger charge is -2.10. The summed E-state index contributed by atoms with van der Waals surface area (Å²) in [5.74, 6) is -0.508. The predicted octanol–water partition coefficient (Wildman–Crippen LogP) is 2.26. The Balaban J connectivity index is 2.94. The molecule has 1 amide bonds. The van der Waals surface area contributed by atoms with Gasteiger partial charge in [0.1, 0.15) is 0 Å². The maximum Gasteiger partial charge on any atom is 0.250 e. The van der Waals surface area contributed by atoms with E-state index in [9.17, 15) is 4.79 Å². The molecular weight excluding hydrogens is 200 g/mol. The van der Waals surface area contributed by atoms with Gasteiger partial charge in [-0.05, 0) is 32.0 Å². The van der Waals surface area contributed by atoms with Crippen molar-refractivity contribution in [2.75, 3.05) is 5.32 Å². The van der Waals surface area contributed by atoms with Crippen LogP contribution >= 0.6 is 11.6 Å². The summed E-state index contributed by atoms with van der Waals surface area (Å²) in [5.41, 5.74) is 6.35. The number of halogens is 1. The van der Waals surface area contributed by atoms with Gasteiger partial charge >= 0.3 is 0 Å². The van der Waals surface area contributed by atoms with Gasteiger partial charge in [0.15, 0.2) is 0 Å². The summed E-state index contributed by atoms with van der Waals surface area (Å²) in [4.78, 5) is 10.9. The normalized spacial score (nSPS) is 10.3. The van der Waals surface area contributed by atoms with Crippen LogP contribution in [0.25, 0.3) is 0 Å². The third-order valence-corrected chi connectivity index (χ3v) is 2.00. The van der Waals surface area contributed by atoms with E-state index in [4.69, 9.17) is 17.3 Å². The largest absolute Gasteiger partial charge is 0.383 e. The van der Waals surface area contributed by atoms with Crippen LogP contribution in [0, 0.1) is 0 Å². The van der Waals surface area contributed by atoms with E-state index in [1.54, 1.807) is 18.2 Å². The van der Waals surface area contributed by atoms with Crippen molar-refractivity contribution in [1.29, 1.82) is 0 Å². The Labute approximate surface area is 88.2 Å². The van der Waals surface area contributed by atoms with Crippen LogP contribution in [0.15, 0.2) is 18.2 Å². The molecule has 0 aliphatic rings. The summed E-state index contributed by atoms with van der Waals surface area (Å²) < 4.78 is 0. The maximum absolute atomic E-state index is 10.9. The molecule has 0 saturated heterocycles. The second-order valence-electron chi connectivity index (χ2n) is 3.36. The van der Waals surface area contributed by atoms with Crippen LogP contribution in [0.2, 0.25) is 5.02 Å². The Morgan fingerprint density at radius 1 is 1.50 bits per heavy atom. The molecule has 4 heteroatoms. The zero-order chi connectivity index (χ0) is 10.7. The van der Waals surface area contributed by atoms with Crippen molar-refractivity contribution in [2.24, 2.45) is 5.73 Å². The molecule has 0 atom stereocenters. The minimum Gasteiger partial charge on any atom is -0.383 e. The SMILES string of the molecule is CC(C)Nc1ccc(C(N)=O)c(Cl)c1. The number of benzene rings is 1. The molecule has 0 unspecified atom stereocenters. The molecule has 3 N–H and O–H groups in total. The van der Waals surface area contributed by atoms with E-state index >= 15 is 0 Å². The second-order valence-corrected chi connectivity index (χ2v) is 3.77. The third-order valence-electron chi connectivity index (χ3n) is 1.69.